The number of imidazole rings is 1. The van der Waals surface area contributed by atoms with E-state index in [0.29, 0.717) is 6.54 Å². The minimum Gasteiger partial charge on any atom is -0.355 e. The lowest BCUT2D eigenvalue weighted by Gasteiger charge is -2.22. The van der Waals surface area contributed by atoms with Crippen molar-refractivity contribution in [1.29, 1.82) is 0 Å². The summed E-state index contributed by atoms with van der Waals surface area (Å²) in [5.41, 5.74) is 1.02. The first-order chi connectivity index (χ1) is 7.25. The number of hydrogen-bond acceptors (Lipinski definition) is 3. The number of rotatable bonds is 3. The van der Waals surface area contributed by atoms with Gasteiger partial charge in [-0.25, -0.2) is 4.98 Å². The van der Waals surface area contributed by atoms with Crippen molar-refractivity contribution in [2.75, 3.05) is 6.54 Å². The summed E-state index contributed by atoms with van der Waals surface area (Å²) in [5.74, 6) is 1.01. The van der Waals surface area contributed by atoms with Gasteiger partial charge in [0.05, 0.1) is 6.04 Å². The van der Waals surface area contributed by atoms with E-state index in [1.807, 2.05) is 6.92 Å². The fourth-order valence-electron chi connectivity index (χ4n) is 1.76. The van der Waals surface area contributed by atoms with Crippen molar-refractivity contribution in [2.24, 2.45) is 0 Å². The van der Waals surface area contributed by atoms with Crippen LogP contribution in [0.4, 0.5) is 0 Å². The molecular weight excluding hydrogens is 192 g/mol. The number of aryl methyl sites for hydroxylation is 1. The molecule has 0 saturated carbocycles. The molecule has 0 aliphatic carbocycles. The first kappa shape index (κ1) is 10.2. The molecule has 1 atom stereocenters. The summed E-state index contributed by atoms with van der Waals surface area (Å²) in [6.07, 6.45) is 3.76. The Hall–Kier alpha value is -1.36. The molecule has 2 rings (SSSR count). The van der Waals surface area contributed by atoms with E-state index in [1.165, 1.54) is 0 Å². The van der Waals surface area contributed by atoms with Crippen LogP contribution in [0, 0.1) is 6.92 Å². The molecule has 1 unspecified atom stereocenters. The van der Waals surface area contributed by atoms with Gasteiger partial charge < -0.3 is 15.6 Å². The number of aromatic nitrogens is 2. The van der Waals surface area contributed by atoms with Crippen molar-refractivity contribution in [3.8, 4) is 0 Å². The van der Waals surface area contributed by atoms with Crippen molar-refractivity contribution < 1.29 is 4.79 Å². The normalized spacial score (nSPS) is 21.4. The van der Waals surface area contributed by atoms with Crippen LogP contribution in [-0.2, 0) is 11.3 Å². The molecule has 0 bridgehead atoms. The lowest BCUT2D eigenvalue weighted by atomic mass is 10.1. The molecule has 15 heavy (non-hydrogen) atoms. The maximum absolute atomic E-state index is 11.4. The highest BCUT2D eigenvalue weighted by Gasteiger charge is 2.20. The summed E-state index contributed by atoms with van der Waals surface area (Å²) >= 11 is 0. The second kappa shape index (κ2) is 4.44. The van der Waals surface area contributed by atoms with Gasteiger partial charge in [0, 0.05) is 25.0 Å². The monoisotopic (exact) mass is 208 g/mol. The number of hydrogen-bond donors (Lipinski definition) is 3. The Morgan fingerprint density at radius 3 is 3.20 bits per heavy atom. The summed E-state index contributed by atoms with van der Waals surface area (Å²) in [6, 6.07) is -0.0534. The Labute approximate surface area is 88.7 Å². The van der Waals surface area contributed by atoms with Gasteiger partial charge in [0.2, 0.25) is 5.91 Å². The number of H-pyrrole nitrogens is 1. The van der Waals surface area contributed by atoms with E-state index in [4.69, 9.17) is 0 Å². The topological polar surface area (TPSA) is 69.8 Å². The fourth-order valence-corrected chi connectivity index (χ4v) is 1.76. The van der Waals surface area contributed by atoms with Crippen LogP contribution in [0.3, 0.4) is 0 Å². The van der Waals surface area contributed by atoms with E-state index < -0.39 is 0 Å². The Morgan fingerprint density at radius 1 is 1.67 bits per heavy atom. The molecule has 1 fully saturated rings. The molecule has 5 nitrogen and oxygen atoms in total. The van der Waals surface area contributed by atoms with Crippen LogP contribution in [0.25, 0.3) is 0 Å². The van der Waals surface area contributed by atoms with Crippen LogP contribution in [0.1, 0.15) is 24.4 Å². The average Bonchev–Trinajstić information content (AvgIpc) is 2.63. The average molecular weight is 208 g/mol. The van der Waals surface area contributed by atoms with Gasteiger partial charge >= 0.3 is 0 Å². The molecule has 1 aromatic rings. The summed E-state index contributed by atoms with van der Waals surface area (Å²) in [4.78, 5) is 18.6. The molecule has 0 spiro atoms. The van der Waals surface area contributed by atoms with Gasteiger partial charge in [0.25, 0.3) is 0 Å². The Kier molecular flexibility index (Phi) is 3.01. The number of amides is 1. The predicted octanol–water partition coefficient (Wildman–Crippen LogP) is 0.0863. The molecule has 3 N–H and O–H groups in total. The highest BCUT2D eigenvalue weighted by atomic mass is 16.2. The summed E-state index contributed by atoms with van der Waals surface area (Å²) in [5, 5.41) is 6.06. The minimum absolute atomic E-state index is 0.0534. The number of aromatic amines is 1. The molecule has 1 aliphatic heterocycles. The predicted molar refractivity (Wildman–Crippen MR) is 56.2 cm³/mol. The third kappa shape index (κ3) is 2.56. The number of carbonyl (C=O) groups is 1. The number of nitrogens with zero attached hydrogens (tertiary/aromatic N) is 1. The van der Waals surface area contributed by atoms with Gasteiger partial charge in [0.1, 0.15) is 5.82 Å². The molecule has 1 saturated heterocycles. The molecular formula is C10H16N4O. The molecule has 5 heteroatoms. The summed E-state index contributed by atoms with van der Waals surface area (Å²) < 4.78 is 0. The Morgan fingerprint density at radius 2 is 2.53 bits per heavy atom. The van der Waals surface area contributed by atoms with Crippen LogP contribution in [0.15, 0.2) is 6.20 Å². The third-order valence-electron chi connectivity index (χ3n) is 2.58. The smallest absolute Gasteiger partial charge is 0.237 e. The van der Waals surface area contributed by atoms with Crippen LogP contribution in [0.5, 0.6) is 0 Å². The Bertz CT molecular complexity index is 347. The zero-order valence-corrected chi connectivity index (χ0v) is 8.84. The second-order valence-electron chi connectivity index (χ2n) is 3.86. The quantitative estimate of drug-likeness (QED) is 0.659. The van der Waals surface area contributed by atoms with Gasteiger partial charge in [0.15, 0.2) is 0 Å². The highest BCUT2D eigenvalue weighted by Crippen LogP contribution is 2.04. The summed E-state index contributed by atoms with van der Waals surface area (Å²) in [7, 11) is 0. The number of piperidine rings is 1. The van der Waals surface area contributed by atoms with E-state index in [0.717, 1.165) is 30.9 Å². The lowest BCUT2D eigenvalue weighted by Crippen LogP contribution is -2.47. The van der Waals surface area contributed by atoms with E-state index in [9.17, 15) is 4.79 Å². The van der Waals surface area contributed by atoms with E-state index >= 15 is 0 Å². The first-order valence-electron chi connectivity index (χ1n) is 5.27. The van der Waals surface area contributed by atoms with Gasteiger partial charge in [-0.15, -0.1) is 0 Å². The third-order valence-corrected chi connectivity index (χ3v) is 2.58. The van der Waals surface area contributed by atoms with Crippen molar-refractivity contribution in [3.63, 3.8) is 0 Å². The molecule has 1 aromatic heterocycles. The highest BCUT2D eigenvalue weighted by molar-refractivity contribution is 5.82. The molecule has 1 aliphatic rings. The maximum atomic E-state index is 11.4. The zero-order valence-electron chi connectivity index (χ0n) is 8.84. The number of carbonyl (C=O) groups excluding carboxylic acids is 1. The molecule has 1 amide bonds. The van der Waals surface area contributed by atoms with Crippen molar-refractivity contribution in [1.82, 2.24) is 20.6 Å². The molecule has 0 aromatic carbocycles. The largest absolute Gasteiger partial charge is 0.355 e. The van der Waals surface area contributed by atoms with Crippen LogP contribution >= 0.6 is 0 Å². The van der Waals surface area contributed by atoms with Gasteiger partial charge in [-0.1, -0.05) is 0 Å². The molecule has 82 valence electrons. The van der Waals surface area contributed by atoms with E-state index in [1.54, 1.807) is 6.20 Å². The molecule has 0 radical (unpaired) electrons. The van der Waals surface area contributed by atoms with Crippen molar-refractivity contribution in [3.05, 3.63) is 17.7 Å². The van der Waals surface area contributed by atoms with Gasteiger partial charge in [-0.2, -0.15) is 0 Å². The maximum Gasteiger partial charge on any atom is 0.237 e. The van der Waals surface area contributed by atoms with E-state index in [-0.39, 0.29) is 11.9 Å². The fraction of sp³-hybridized carbons (Fsp3) is 0.600. The van der Waals surface area contributed by atoms with E-state index in [2.05, 4.69) is 20.6 Å². The number of nitrogens with one attached hydrogen (secondary N) is 3. The van der Waals surface area contributed by atoms with Gasteiger partial charge in [-0.05, 0) is 19.8 Å². The lowest BCUT2D eigenvalue weighted by molar-refractivity contribution is -0.124. The SMILES string of the molecule is Cc1ncc(CNC2CCCNC2=O)[nH]1. The summed E-state index contributed by atoms with van der Waals surface area (Å²) in [6.45, 7) is 3.38. The van der Waals surface area contributed by atoms with Crippen LogP contribution < -0.4 is 10.6 Å². The van der Waals surface area contributed by atoms with Crippen LogP contribution in [0.2, 0.25) is 0 Å². The minimum atomic E-state index is -0.0534. The zero-order chi connectivity index (χ0) is 10.7. The van der Waals surface area contributed by atoms with Gasteiger partial charge in [-0.3, -0.25) is 4.79 Å². The standard InChI is InChI=1S/C10H16N4O/c1-7-12-5-8(14-7)6-13-9-3-2-4-11-10(9)15/h5,9,13H,2-4,6H2,1H3,(H,11,15)(H,12,14). The first-order valence-corrected chi connectivity index (χ1v) is 5.27. The second-order valence-corrected chi connectivity index (χ2v) is 3.86. The van der Waals surface area contributed by atoms with Crippen molar-refractivity contribution >= 4 is 5.91 Å². The Balaban J connectivity index is 1.84. The van der Waals surface area contributed by atoms with Crippen molar-refractivity contribution in [2.45, 2.75) is 32.4 Å². The molecule has 2 heterocycles. The van der Waals surface area contributed by atoms with Crippen LogP contribution in [-0.4, -0.2) is 28.5 Å².